The lowest BCUT2D eigenvalue weighted by Crippen LogP contribution is -2.56. The van der Waals surface area contributed by atoms with Crippen molar-refractivity contribution >= 4 is 50.8 Å². The highest BCUT2D eigenvalue weighted by atomic mass is 79.9. The van der Waals surface area contributed by atoms with Crippen LogP contribution in [0.15, 0.2) is 22.7 Å². The second-order valence-electron chi connectivity index (χ2n) is 13.6. The number of aromatic nitrogens is 3. The number of hydrogen-bond donors (Lipinski definition) is 2. The smallest absolute Gasteiger partial charge is 0.408 e. The van der Waals surface area contributed by atoms with Crippen molar-refractivity contribution in [2.75, 3.05) is 13.2 Å². The fourth-order valence-corrected chi connectivity index (χ4v) is 6.90. The first-order valence-corrected chi connectivity index (χ1v) is 17.0. The number of amides is 3. The molecule has 3 amide bonds. The highest BCUT2D eigenvalue weighted by Crippen LogP contribution is 2.46. The van der Waals surface area contributed by atoms with Crippen molar-refractivity contribution in [1.82, 2.24) is 30.5 Å². The summed E-state index contributed by atoms with van der Waals surface area (Å²) in [6, 6.07) is -0.327. The summed E-state index contributed by atoms with van der Waals surface area (Å²) in [5.41, 5.74) is 1.57. The van der Waals surface area contributed by atoms with E-state index in [0.717, 1.165) is 40.4 Å². The van der Waals surface area contributed by atoms with Gasteiger partial charge in [-0.05, 0) is 84.4 Å². The molecule has 46 heavy (non-hydrogen) atoms. The molecule has 12 nitrogen and oxygen atoms in total. The van der Waals surface area contributed by atoms with Gasteiger partial charge in [-0.25, -0.2) is 9.59 Å². The van der Waals surface area contributed by atoms with E-state index in [1.807, 2.05) is 32.1 Å². The van der Waals surface area contributed by atoms with Crippen molar-refractivity contribution in [3.8, 4) is 0 Å². The Morgan fingerprint density at radius 3 is 2.63 bits per heavy atom. The Kier molecular flexibility index (Phi) is 9.81. The Morgan fingerprint density at radius 2 is 1.91 bits per heavy atom. The number of allylic oxidation sites excluding steroid dienone is 1. The molecule has 1 aromatic heterocycles. The molecule has 1 aromatic carbocycles. The molecule has 3 unspecified atom stereocenters. The van der Waals surface area contributed by atoms with Gasteiger partial charge < -0.3 is 25.0 Å². The van der Waals surface area contributed by atoms with Crippen LogP contribution in [0.5, 0.6) is 0 Å². The van der Waals surface area contributed by atoms with Crippen LogP contribution in [0, 0.1) is 19.8 Å². The summed E-state index contributed by atoms with van der Waals surface area (Å²) in [6.07, 6.45) is 7.64. The largest absolute Gasteiger partial charge is 0.464 e. The molecule has 3 heterocycles. The molecule has 0 spiro atoms. The summed E-state index contributed by atoms with van der Waals surface area (Å²) in [7, 11) is 0. The topological polar surface area (TPSA) is 145 Å². The van der Waals surface area contributed by atoms with Gasteiger partial charge in [-0.15, -0.1) is 0 Å². The van der Waals surface area contributed by atoms with E-state index >= 15 is 0 Å². The van der Waals surface area contributed by atoms with Gasteiger partial charge in [0.1, 0.15) is 34.3 Å². The number of ether oxygens (including phenoxy) is 2. The number of nitrogens with zero attached hydrogens (tertiary/aromatic N) is 4. The third kappa shape index (κ3) is 7.08. The summed E-state index contributed by atoms with van der Waals surface area (Å²) in [5, 5.41) is 15.3. The lowest BCUT2D eigenvalue weighted by atomic mass is 10.0. The molecular formula is C33H45BrN6O6. The number of nitrogens with one attached hydrogen (secondary N) is 2. The molecule has 2 fully saturated rings. The number of fused-ring (bicyclic) bond motifs is 3. The van der Waals surface area contributed by atoms with Gasteiger partial charge in [0.15, 0.2) is 0 Å². The molecule has 250 valence electrons. The molecule has 1 saturated heterocycles. The third-order valence-electron chi connectivity index (χ3n) is 9.11. The lowest BCUT2D eigenvalue weighted by Gasteiger charge is -2.30. The number of aryl methyl sites for hydroxylation is 1. The van der Waals surface area contributed by atoms with E-state index in [4.69, 9.17) is 19.7 Å². The minimum atomic E-state index is -1.18. The molecule has 3 aliphatic rings. The number of esters is 1. The average molecular weight is 702 g/mol. The molecular weight excluding hydrogens is 656 g/mol. The van der Waals surface area contributed by atoms with E-state index < -0.39 is 47.2 Å². The first kappa shape index (κ1) is 33.9. The maximum absolute atomic E-state index is 14.3. The standard InChI is InChI=1S/C33H45BrN6O6/c1-7-45-30(43)33-17-21(33)13-11-9-8-10-12-14-24(35-31(44)46-32(4,5)6)29(42)39-18-22(15-26(39)28(41)36-33)40-37-25-16-23(34)19(2)20(3)27(25)38-40/h11,13,16,21-22,24,26H,7-10,12,14-15,17-18H2,1-6H3,(H,35,44)(H,36,41)/b13-11-/t21?,22?,24-,26?,33+/m0/s1. The highest BCUT2D eigenvalue weighted by molar-refractivity contribution is 9.10. The van der Waals surface area contributed by atoms with Gasteiger partial charge in [-0.3, -0.25) is 9.59 Å². The van der Waals surface area contributed by atoms with Crippen LogP contribution in [0.3, 0.4) is 0 Å². The van der Waals surface area contributed by atoms with E-state index in [2.05, 4.69) is 26.6 Å². The maximum Gasteiger partial charge on any atom is 0.408 e. The molecule has 0 bridgehead atoms. The lowest BCUT2D eigenvalue weighted by molar-refractivity contribution is -0.150. The van der Waals surface area contributed by atoms with E-state index in [1.165, 1.54) is 4.90 Å². The zero-order valence-electron chi connectivity index (χ0n) is 27.5. The molecule has 2 aromatic rings. The van der Waals surface area contributed by atoms with Crippen LogP contribution in [0.1, 0.15) is 89.8 Å². The summed E-state index contributed by atoms with van der Waals surface area (Å²) in [4.78, 5) is 57.6. The van der Waals surface area contributed by atoms with Crippen molar-refractivity contribution in [1.29, 1.82) is 0 Å². The Balaban J connectivity index is 1.50. The zero-order chi connectivity index (χ0) is 33.4. The Hall–Kier alpha value is -3.48. The summed E-state index contributed by atoms with van der Waals surface area (Å²) in [6.45, 7) is 11.3. The normalized spacial score (nSPS) is 27.9. The summed E-state index contributed by atoms with van der Waals surface area (Å²) >= 11 is 3.60. The maximum atomic E-state index is 14.3. The first-order valence-electron chi connectivity index (χ1n) is 16.2. The number of carbonyl (C=O) groups is 4. The van der Waals surface area contributed by atoms with Crippen LogP contribution in [-0.4, -0.2) is 80.1 Å². The van der Waals surface area contributed by atoms with E-state index in [-0.39, 0.29) is 31.4 Å². The molecule has 1 saturated carbocycles. The monoisotopic (exact) mass is 700 g/mol. The third-order valence-corrected chi connectivity index (χ3v) is 9.93. The second-order valence-corrected chi connectivity index (χ2v) is 14.5. The molecule has 1 aliphatic carbocycles. The molecule has 2 aliphatic heterocycles. The van der Waals surface area contributed by atoms with Gasteiger partial charge >= 0.3 is 12.1 Å². The molecule has 13 heteroatoms. The van der Waals surface area contributed by atoms with Gasteiger partial charge in [-0.2, -0.15) is 15.0 Å². The van der Waals surface area contributed by atoms with Crippen LogP contribution in [-0.2, 0) is 23.9 Å². The summed E-state index contributed by atoms with van der Waals surface area (Å²) in [5.74, 6) is -1.50. The predicted octanol–water partition coefficient (Wildman–Crippen LogP) is 4.80. The van der Waals surface area contributed by atoms with Crippen LogP contribution in [0.25, 0.3) is 11.0 Å². The van der Waals surface area contributed by atoms with Gasteiger partial charge in [0, 0.05) is 23.4 Å². The number of rotatable bonds is 4. The van der Waals surface area contributed by atoms with E-state index in [9.17, 15) is 19.2 Å². The minimum Gasteiger partial charge on any atom is -0.464 e. The van der Waals surface area contributed by atoms with Crippen LogP contribution >= 0.6 is 15.9 Å². The molecule has 2 N–H and O–H groups in total. The summed E-state index contributed by atoms with van der Waals surface area (Å²) < 4.78 is 11.8. The Morgan fingerprint density at radius 1 is 1.15 bits per heavy atom. The Labute approximate surface area is 278 Å². The van der Waals surface area contributed by atoms with Crippen molar-refractivity contribution in [2.45, 2.75) is 116 Å². The minimum absolute atomic E-state index is 0.152. The second kappa shape index (κ2) is 13.3. The number of benzene rings is 1. The molecule has 0 radical (unpaired) electrons. The van der Waals surface area contributed by atoms with E-state index in [0.29, 0.717) is 24.8 Å². The Bertz CT molecular complexity index is 1550. The zero-order valence-corrected chi connectivity index (χ0v) is 29.1. The van der Waals surface area contributed by atoms with Crippen LogP contribution in [0.2, 0.25) is 0 Å². The fraction of sp³-hybridized carbons (Fsp3) is 0.636. The van der Waals surface area contributed by atoms with Gasteiger partial charge in [0.2, 0.25) is 11.8 Å². The SMILES string of the molecule is CCOC(=O)[C@@]12CC1/C=C\CCCCC[C@H](NC(=O)OC(C)(C)C)C(=O)N1CC(n3nc4cc(Br)c(C)c(C)c4n3)CC1C(=O)N2. The number of alkyl carbamates (subject to hydrolysis) is 1. The van der Waals surface area contributed by atoms with Crippen molar-refractivity contribution < 1.29 is 28.7 Å². The highest BCUT2D eigenvalue weighted by Gasteiger charge is 2.62. The van der Waals surface area contributed by atoms with E-state index in [1.54, 1.807) is 32.5 Å². The fourth-order valence-electron chi connectivity index (χ4n) is 6.39. The number of hydrogen-bond acceptors (Lipinski definition) is 8. The number of halogens is 1. The van der Waals surface area contributed by atoms with Crippen LogP contribution in [0.4, 0.5) is 4.79 Å². The first-order chi connectivity index (χ1) is 21.7. The quantitative estimate of drug-likeness (QED) is 0.342. The van der Waals surface area contributed by atoms with Gasteiger partial charge in [0.05, 0.1) is 12.6 Å². The van der Waals surface area contributed by atoms with Crippen molar-refractivity contribution in [3.63, 3.8) is 0 Å². The predicted molar refractivity (Wildman–Crippen MR) is 175 cm³/mol. The van der Waals surface area contributed by atoms with Crippen molar-refractivity contribution in [3.05, 3.63) is 33.8 Å². The average Bonchev–Trinajstić information content (AvgIpc) is 3.28. The number of carbonyl (C=O) groups excluding carboxylic acids is 4. The van der Waals surface area contributed by atoms with Gasteiger partial charge in [0.25, 0.3) is 0 Å². The van der Waals surface area contributed by atoms with Crippen LogP contribution < -0.4 is 10.6 Å². The molecule has 5 atom stereocenters. The van der Waals surface area contributed by atoms with Crippen molar-refractivity contribution in [2.24, 2.45) is 5.92 Å². The molecule has 5 rings (SSSR count). The van der Waals surface area contributed by atoms with Gasteiger partial charge in [-0.1, -0.05) is 40.9 Å².